The summed E-state index contributed by atoms with van der Waals surface area (Å²) in [5, 5.41) is 1.05. The average Bonchev–Trinajstić information content (AvgIpc) is 2.45. The van der Waals surface area contributed by atoms with Crippen LogP contribution in [0, 0.1) is 9.41 Å². The third kappa shape index (κ3) is 1.69. The van der Waals surface area contributed by atoms with Crippen molar-refractivity contribution in [3.63, 3.8) is 0 Å². The number of benzene rings is 1. The molecule has 0 aliphatic carbocycles. The summed E-state index contributed by atoms with van der Waals surface area (Å²) in [7, 11) is 0. The first-order valence-electron chi connectivity index (χ1n) is 6.12. The second-order valence-corrected chi connectivity index (χ2v) is 5.44. The molecule has 0 atom stereocenters. The zero-order valence-electron chi connectivity index (χ0n) is 10.3. The van der Waals surface area contributed by atoms with Crippen LogP contribution in [0.2, 0.25) is 0 Å². The first-order chi connectivity index (χ1) is 9.72. The molecule has 4 rings (SSSR count). The first-order valence-corrected chi connectivity index (χ1v) is 6.94. The van der Waals surface area contributed by atoms with Gasteiger partial charge in [0.15, 0.2) is 10.5 Å². The van der Waals surface area contributed by atoms with Crippen LogP contribution < -0.4 is 4.74 Å². The minimum atomic E-state index is 0.463. The number of hydrogen-bond donors (Lipinski definition) is 2. The highest BCUT2D eigenvalue weighted by Gasteiger charge is 2.21. The molecule has 0 radical (unpaired) electrons. The fourth-order valence-corrected chi connectivity index (χ4v) is 2.97. The second kappa shape index (κ2) is 4.22. The second-order valence-electron chi connectivity index (χ2n) is 4.62. The fraction of sp³-hybridized carbons (Fsp3) is 0.0714. The maximum absolute atomic E-state index is 5.98. The number of H-pyrrole nitrogens is 2. The summed E-state index contributed by atoms with van der Waals surface area (Å²) >= 11 is 10.4. The maximum atomic E-state index is 5.98. The molecule has 20 heavy (non-hydrogen) atoms. The maximum Gasteiger partial charge on any atom is 0.206 e. The van der Waals surface area contributed by atoms with Crippen molar-refractivity contribution in [2.45, 2.75) is 6.42 Å². The van der Waals surface area contributed by atoms with Crippen LogP contribution >= 0.6 is 24.4 Å². The lowest BCUT2D eigenvalue weighted by molar-refractivity contribution is 0.441. The molecule has 6 heteroatoms. The van der Waals surface area contributed by atoms with Crippen LogP contribution in [-0.4, -0.2) is 15.0 Å². The number of ether oxygens (including phenoxy) is 1. The molecule has 0 bridgehead atoms. The molecule has 0 saturated carbocycles. The van der Waals surface area contributed by atoms with Crippen molar-refractivity contribution in [2.75, 3.05) is 0 Å². The molecular weight excluding hydrogens is 290 g/mol. The van der Waals surface area contributed by atoms with Gasteiger partial charge in [-0.1, -0.05) is 30.4 Å². The third-order valence-corrected chi connectivity index (χ3v) is 3.94. The molecule has 0 fully saturated rings. The summed E-state index contributed by atoms with van der Waals surface area (Å²) in [6.45, 7) is 0. The summed E-state index contributed by atoms with van der Waals surface area (Å²) in [6, 6.07) is 8.03. The van der Waals surface area contributed by atoms with Crippen molar-refractivity contribution in [3.8, 4) is 11.6 Å². The molecule has 4 nitrogen and oxygen atoms in total. The minimum Gasteiger partial charge on any atom is -0.438 e. The third-order valence-electron chi connectivity index (χ3n) is 3.38. The Bertz CT molecular complexity index is 959. The zero-order valence-corrected chi connectivity index (χ0v) is 11.9. The number of pyridine rings is 1. The number of nitrogens with one attached hydrogen (secondary N) is 2. The van der Waals surface area contributed by atoms with Gasteiger partial charge < -0.3 is 14.7 Å². The molecule has 0 amide bonds. The highest BCUT2D eigenvalue weighted by atomic mass is 32.1. The summed E-state index contributed by atoms with van der Waals surface area (Å²) < 4.78 is 7.07. The van der Waals surface area contributed by atoms with E-state index < -0.39 is 0 Å². The zero-order chi connectivity index (χ0) is 13.7. The molecule has 2 aromatic heterocycles. The Morgan fingerprint density at radius 2 is 2.05 bits per heavy atom. The van der Waals surface area contributed by atoms with Crippen molar-refractivity contribution in [2.24, 2.45) is 0 Å². The fourth-order valence-electron chi connectivity index (χ4n) is 2.44. The normalized spacial score (nSPS) is 12.6. The van der Waals surface area contributed by atoms with Gasteiger partial charge in [0.1, 0.15) is 10.2 Å². The lowest BCUT2D eigenvalue weighted by Crippen LogP contribution is -2.07. The Kier molecular flexibility index (Phi) is 2.48. The Hall–Kier alpha value is -2.05. The van der Waals surface area contributed by atoms with Crippen LogP contribution in [0.3, 0.4) is 0 Å². The molecule has 0 saturated heterocycles. The van der Waals surface area contributed by atoms with E-state index in [0.29, 0.717) is 21.7 Å². The number of hydrogen-bond acceptors (Lipinski definition) is 4. The van der Waals surface area contributed by atoms with Crippen LogP contribution in [0.1, 0.15) is 11.1 Å². The van der Waals surface area contributed by atoms with E-state index in [4.69, 9.17) is 29.2 Å². The smallest absolute Gasteiger partial charge is 0.206 e. The highest BCUT2D eigenvalue weighted by Crippen LogP contribution is 2.39. The Balaban J connectivity index is 2.01. The van der Waals surface area contributed by atoms with Gasteiger partial charge in [0, 0.05) is 23.6 Å². The van der Waals surface area contributed by atoms with Crippen LogP contribution in [0.4, 0.5) is 0 Å². The van der Waals surface area contributed by atoms with Crippen LogP contribution in [0.25, 0.3) is 10.9 Å². The Morgan fingerprint density at radius 1 is 1.15 bits per heavy atom. The van der Waals surface area contributed by atoms with Gasteiger partial charge in [-0.05, 0) is 18.3 Å². The molecule has 98 valence electrons. The average molecular weight is 299 g/mol. The van der Waals surface area contributed by atoms with E-state index in [-0.39, 0.29) is 0 Å². The van der Waals surface area contributed by atoms with Crippen LogP contribution in [0.5, 0.6) is 11.6 Å². The van der Waals surface area contributed by atoms with Gasteiger partial charge in [-0.2, -0.15) is 0 Å². The number of aromatic amines is 2. The van der Waals surface area contributed by atoms with Gasteiger partial charge in [-0.3, -0.25) is 4.98 Å². The first kappa shape index (κ1) is 11.7. The van der Waals surface area contributed by atoms with Gasteiger partial charge in [-0.15, -0.1) is 0 Å². The molecule has 1 aliphatic heterocycles. The summed E-state index contributed by atoms with van der Waals surface area (Å²) in [5.41, 5.74) is 2.86. The van der Waals surface area contributed by atoms with Gasteiger partial charge in [0.05, 0.1) is 5.56 Å². The van der Waals surface area contributed by atoms with Gasteiger partial charge in [0.25, 0.3) is 0 Å². The van der Waals surface area contributed by atoms with E-state index in [0.717, 1.165) is 27.8 Å². The van der Waals surface area contributed by atoms with E-state index in [1.165, 1.54) is 0 Å². The van der Waals surface area contributed by atoms with E-state index in [2.05, 4.69) is 21.0 Å². The number of fused-ring (bicyclic) bond motifs is 4. The number of aromatic nitrogens is 3. The lowest BCUT2D eigenvalue weighted by atomic mass is 10.0. The number of rotatable bonds is 0. The van der Waals surface area contributed by atoms with Crippen molar-refractivity contribution in [1.82, 2.24) is 15.0 Å². The molecule has 1 aromatic carbocycles. The predicted octanol–water partition coefficient (Wildman–Crippen LogP) is 4.05. The minimum absolute atomic E-state index is 0.463. The summed E-state index contributed by atoms with van der Waals surface area (Å²) in [5.74, 6) is 1.39. The van der Waals surface area contributed by atoms with Crippen molar-refractivity contribution < 1.29 is 4.74 Å². The summed E-state index contributed by atoms with van der Waals surface area (Å²) in [4.78, 5) is 10.4. The van der Waals surface area contributed by atoms with Crippen LogP contribution in [0.15, 0.2) is 30.5 Å². The Labute approximate surface area is 124 Å². The van der Waals surface area contributed by atoms with Gasteiger partial charge >= 0.3 is 0 Å². The standard InChI is InChI=1S/C14H9N3OS2/c19-13-9-6-8-4-3-7-2-1-5-15-10(7)11(8)18-12(9)16-14(20)17-13/h1-5H,6H2,(H2,16,17,19,20). The number of nitrogens with zero attached hydrogens (tertiary/aromatic N) is 1. The SMILES string of the molecule is S=c1[nH]c2c(c(=S)[nH]1)Cc1ccc3cccnc3c1O2. The molecule has 3 heterocycles. The quantitative estimate of drug-likeness (QED) is 0.481. The molecule has 1 aliphatic rings. The van der Waals surface area contributed by atoms with E-state index in [1.54, 1.807) is 6.20 Å². The van der Waals surface area contributed by atoms with Crippen molar-refractivity contribution in [3.05, 3.63) is 51.0 Å². The van der Waals surface area contributed by atoms with Gasteiger partial charge in [-0.25, -0.2) is 0 Å². The molecular formula is C14H9N3OS2. The van der Waals surface area contributed by atoms with Crippen molar-refractivity contribution in [1.29, 1.82) is 0 Å². The van der Waals surface area contributed by atoms with Crippen LogP contribution in [-0.2, 0) is 6.42 Å². The topological polar surface area (TPSA) is 53.7 Å². The molecule has 0 unspecified atom stereocenters. The van der Waals surface area contributed by atoms with Gasteiger partial charge in [0.2, 0.25) is 5.88 Å². The Morgan fingerprint density at radius 3 is 2.95 bits per heavy atom. The van der Waals surface area contributed by atoms with E-state index in [1.807, 2.05) is 18.2 Å². The van der Waals surface area contributed by atoms with Crippen molar-refractivity contribution >= 4 is 35.3 Å². The molecule has 2 N–H and O–H groups in total. The lowest BCUT2D eigenvalue weighted by Gasteiger charge is -2.20. The summed E-state index contributed by atoms with van der Waals surface area (Å²) in [6.07, 6.45) is 2.47. The molecule has 3 aromatic rings. The molecule has 0 spiro atoms. The van der Waals surface area contributed by atoms with E-state index in [9.17, 15) is 0 Å². The van der Waals surface area contributed by atoms with E-state index >= 15 is 0 Å². The monoisotopic (exact) mass is 299 g/mol. The predicted molar refractivity (Wildman–Crippen MR) is 81.4 cm³/mol. The highest BCUT2D eigenvalue weighted by molar-refractivity contribution is 7.72. The largest absolute Gasteiger partial charge is 0.438 e.